The van der Waals surface area contributed by atoms with E-state index in [1.807, 2.05) is 0 Å². The molecule has 1 amide bonds. The highest BCUT2D eigenvalue weighted by Gasteiger charge is 2.47. The molecule has 0 unspecified atom stereocenters. The highest BCUT2D eigenvalue weighted by atomic mass is 35.5. The smallest absolute Gasteiger partial charge is 0.407 e. The van der Waals surface area contributed by atoms with E-state index in [1.54, 1.807) is 51.1 Å². The number of nitrogens with one attached hydrogen (secondary N) is 1. The zero-order valence-electron chi connectivity index (χ0n) is 21.6. The van der Waals surface area contributed by atoms with Gasteiger partial charge in [0.1, 0.15) is 46.3 Å². The Morgan fingerprint density at radius 2 is 1.82 bits per heavy atom. The van der Waals surface area contributed by atoms with Crippen LogP contribution >= 0.6 is 11.6 Å². The Morgan fingerprint density at radius 3 is 2.44 bits per heavy atom. The standard InChI is InChI=1S/C28H27ClF2N2O6/c1-26(2,3)39-25(36)32-13-28(37,15-8-6-5-7-9-15)21-11-17-23(38-14-27(17,4)24(34)35)22(33-21)16-10-18(29)20(31)12-19(16)30/h5-12,37H,13-14H2,1-4H3,(H,32,36)(H,34,35)/t27-,28+/m0/s1. The number of carboxylic acid groups (broad SMARTS) is 1. The maximum absolute atomic E-state index is 15.1. The Morgan fingerprint density at radius 1 is 1.15 bits per heavy atom. The maximum Gasteiger partial charge on any atom is 0.407 e. The van der Waals surface area contributed by atoms with Gasteiger partial charge in [0.15, 0.2) is 0 Å². The highest BCUT2D eigenvalue weighted by Crippen LogP contribution is 2.47. The van der Waals surface area contributed by atoms with Crippen LogP contribution in [0, 0.1) is 11.6 Å². The van der Waals surface area contributed by atoms with Gasteiger partial charge in [-0.25, -0.2) is 18.6 Å². The number of fused-ring (bicyclic) bond motifs is 1. The third-order valence-corrected chi connectivity index (χ3v) is 6.66. The molecule has 0 saturated carbocycles. The number of rotatable bonds is 6. The minimum atomic E-state index is -2.04. The van der Waals surface area contributed by atoms with E-state index >= 15 is 4.39 Å². The lowest BCUT2D eigenvalue weighted by atomic mass is 9.81. The van der Waals surface area contributed by atoms with Gasteiger partial charge in [-0.2, -0.15) is 0 Å². The number of amides is 1. The summed E-state index contributed by atoms with van der Waals surface area (Å²) in [6.07, 6.45) is -0.812. The Labute approximate surface area is 228 Å². The monoisotopic (exact) mass is 560 g/mol. The fourth-order valence-electron chi connectivity index (χ4n) is 4.23. The number of carbonyl (C=O) groups excluding carboxylic acids is 1. The van der Waals surface area contributed by atoms with Gasteiger partial charge in [0, 0.05) is 17.2 Å². The Kier molecular flexibility index (Phi) is 7.31. The molecule has 0 saturated heterocycles. The van der Waals surface area contributed by atoms with Crippen LogP contribution in [-0.4, -0.2) is 46.0 Å². The molecule has 8 nitrogen and oxygen atoms in total. The highest BCUT2D eigenvalue weighted by molar-refractivity contribution is 6.31. The van der Waals surface area contributed by atoms with Crippen LogP contribution in [0.1, 0.15) is 44.5 Å². The molecule has 1 aliphatic heterocycles. The van der Waals surface area contributed by atoms with Gasteiger partial charge in [-0.1, -0.05) is 41.9 Å². The summed E-state index contributed by atoms with van der Waals surface area (Å²) in [5, 5.41) is 24.2. The van der Waals surface area contributed by atoms with Crippen molar-refractivity contribution in [2.45, 2.75) is 44.3 Å². The summed E-state index contributed by atoms with van der Waals surface area (Å²) in [5.74, 6) is -3.28. The van der Waals surface area contributed by atoms with Crippen LogP contribution in [0.25, 0.3) is 11.3 Å². The van der Waals surface area contributed by atoms with Crippen molar-refractivity contribution in [3.63, 3.8) is 0 Å². The van der Waals surface area contributed by atoms with Crippen molar-refractivity contribution in [3.8, 4) is 17.0 Å². The summed E-state index contributed by atoms with van der Waals surface area (Å²) in [7, 11) is 0. The second-order valence-corrected chi connectivity index (χ2v) is 10.9. The van der Waals surface area contributed by atoms with Gasteiger partial charge in [0.25, 0.3) is 0 Å². The molecular formula is C28H27ClF2N2O6. The van der Waals surface area contributed by atoms with Gasteiger partial charge in [-0.15, -0.1) is 0 Å². The third-order valence-electron chi connectivity index (χ3n) is 6.37. The van der Waals surface area contributed by atoms with Crippen LogP contribution in [0.3, 0.4) is 0 Å². The number of carboxylic acids is 1. The Bertz CT molecular complexity index is 1450. The zero-order chi connectivity index (χ0) is 28.8. The number of nitrogens with zero attached hydrogens (tertiary/aromatic N) is 1. The average Bonchev–Trinajstić information content (AvgIpc) is 3.22. The molecule has 3 aromatic rings. The van der Waals surface area contributed by atoms with Crippen LogP contribution in [0.2, 0.25) is 5.02 Å². The first-order valence-corrected chi connectivity index (χ1v) is 12.4. The summed E-state index contributed by atoms with van der Waals surface area (Å²) >= 11 is 5.94. The van der Waals surface area contributed by atoms with Crippen molar-refractivity contribution in [1.82, 2.24) is 10.3 Å². The van der Waals surface area contributed by atoms with E-state index < -0.39 is 51.9 Å². The molecule has 1 aromatic heterocycles. The lowest BCUT2D eigenvalue weighted by Crippen LogP contribution is -2.44. The average molecular weight is 561 g/mol. The van der Waals surface area contributed by atoms with Gasteiger partial charge in [0.2, 0.25) is 0 Å². The first-order valence-electron chi connectivity index (χ1n) is 12.0. The molecule has 1 aliphatic rings. The van der Waals surface area contributed by atoms with Gasteiger partial charge >= 0.3 is 12.1 Å². The number of halogens is 3. The lowest BCUT2D eigenvalue weighted by molar-refractivity contribution is -0.143. The quantitative estimate of drug-likeness (QED) is 0.356. The maximum atomic E-state index is 15.1. The first kappa shape index (κ1) is 28.3. The molecule has 2 atom stereocenters. The van der Waals surface area contributed by atoms with Gasteiger partial charge in [-0.3, -0.25) is 4.79 Å². The summed E-state index contributed by atoms with van der Waals surface area (Å²) < 4.78 is 40.0. The number of pyridine rings is 1. The van der Waals surface area contributed by atoms with Crippen molar-refractivity contribution in [1.29, 1.82) is 0 Å². The van der Waals surface area contributed by atoms with Crippen LogP contribution in [0.4, 0.5) is 13.6 Å². The molecule has 0 spiro atoms. The molecule has 2 heterocycles. The summed E-state index contributed by atoms with van der Waals surface area (Å²) in [6, 6.07) is 11.2. The molecule has 2 aromatic carbocycles. The van der Waals surface area contributed by atoms with E-state index in [2.05, 4.69) is 10.3 Å². The number of alkyl carbamates (subject to hydrolysis) is 1. The predicted octanol–water partition coefficient (Wildman–Crippen LogP) is 5.18. The molecular weight excluding hydrogens is 534 g/mol. The number of ether oxygens (including phenoxy) is 2. The number of aromatic nitrogens is 1. The lowest BCUT2D eigenvalue weighted by Gasteiger charge is -2.31. The van der Waals surface area contributed by atoms with Crippen molar-refractivity contribution in [3.05, 3.63) is 82.0 Å². The van der Waals surface area contributed by atoms with Gasteiger partial charge < -0.3 is 25.0 Å². The normalized spacial score (nSPS) is 18.1. The van der Waals surface area contributed by atoms with E-state index in [9.17, 15) is 24.2 Å². The molecule has 0 aliphatic carbocycles. The van der Waals surface area contributed by atoms with Crippen molar-refractivity contribution < 1.29 is 38.1 Å². The second kappa shape index (κ2) is 10.1. The largest absolute Gasteiger partial charge is 0.489 e. The van der Waals surface area contributed by atoms with Crippen LogP contribution in [-0.2, 0) is 20.5 Å². The summed E-state index contributed by atoms with van der Waals surface area (Å²) in [4.78, 5) is 29.3. The number of carbonyl (C=O) groups is 2. The fraction of sp³-hybridized carbons (Fsp3) is 0.321. The summed E-state index contributed by atoms with van der Waals surface area (Å²) in [5.41, 5.74) is -4.58. The van der Waals surface area contributed by atoms with E-state index in [0.717, 1.165) is 6.07 Å². The molecule has 11 heteroatoms. The van der Waals surface area contributed by atoms with Gasteiger partial charge in [-0.05, 0) is 45.4 Å². The fourth-order valence-corrected chi connectivity index (χ4v) is 4.39. The molecule has 3 N–H and O–H groups in total. The summed E-state index contributed by atoms with van der Waals surface area (Å²) in [6.45, 7) is 5.72. The minimum Gasteiger partial charge on any atom is -0.489 e. The second-order valence-electron chi connectivity index (χ2n) is 10.5. The molecule has 0 radical (unpaired) electrons. The van der Waals surface area contributed by atoms with Crippen molar-refractivity contribution in [2.24, 2.45) is 0 Å². The molecule has 39 heavy (non-hydrogen) atoms. The minimum absolute atomic E-state index is 0.0410. The van der Waals surface area contributed by atoms with E-state index in [-0.39, 0.29) is 34.9 Å². The van der Waals surface area contributed by atoms with Crippen LogP contribution in [0.5, 0.6) is 5.75 Å². The van der Waals surface area contributed by atoms with Crippen molar-refractivity contribution in [2.75, 3.05) is 13.2 Å². The van der Waals surface area contributed by atoms with Gasteiger partial charge in [0.05, 0.1) is 17.3 Å². The van der Waals surface area contributed by atoms with E-state index in [1.165, 1.54) is 13.0 Å². The molecule has 206 valence electrons. The molecule has 4 rings (SSSR count). The number of aliphatic hydroxyl groups is 1. The zero-order valence-corrected chi connectivity index (χ0v) is 22.4. The number of hydrogen-bond donors (Lipinski definition) is 3. The van der Waals surface area contributed by atoms with E-state index in [0.29, 0.717) is 11.6 Å². The van der Waals surface area contributed by atoms with E-state index in [4.69, 9.17) is 21.1 Å². The Balaban J connectivity index is 1.95. The number of aliphatic carboxylic acids is 1. The van der Waals surface area contributed by atoms with Crippen LogP contribution < -0.4 is 10.1 Å². The Hall–Kier alpha value is -3.76. The number of benzene rings is 2. The third kappa shape index (κ3) is 5.39. The molecule has 0 bridgehead atoms. The molecule has 0 fully saturated rings. The van der Waals surface area contributed by atoms with Crippen LogP contribution in [0.15, 0.2) is 48.5 Å². The first-order chi connectivity index (χ1) is 18.2. The van der Waals surface area contributed by atoms with Crippen molar-refractivity contribution >= 4 is 23.7 Å². The topological polar surface area (TPSA) is 118 Å². The predicted molar refractivity (Wildman–Crippen MR) is 139 cm³/mol. The SMILES string of the molecule is CC(C)(C)OC(=O)NC[C@@](O)(c1ccccc1)c1cc2c(c(-c3cc(Cl)c(F)cc3F)n1)OC[C@]2(C)C(=O)O. The number of hydrogen-bond acceptors (Lipinski definition) is 6.